The molecular weight excluding hydrogens is 380 g/mol. The molecule has 1 saturated heterocycles. The van der Waals surface area contributed by atoms with Gasteiger partial charge in [0, 0.05) is 6.42 Å². The van der Waals surface area contributed by atoms with Gasteiger partial charge in [-0.05, 0) is 50.1 Å². The summed E-state index contributed by atoms with van der Waals surface area (Å²) in [4.78, 5) is 41.8. The Labute approximate surface area is 174 Å². The number of nitriles is 1. The highest BCUT2D eigenvalue weighted by Gasteiger charge is 2.53. The van der Waals surface area contributed by atoms with Gasteiger partial charge in [0.2, 0.25) is 11.8 Å². The van der Waals surface area contributed by atoms with Crippen LogP contribution in [0.4, 0.5) is 5.69 Å². The largest absolute Gasteiger partial charge is 0.348 e. The summed E-state index contributed by atoms with van der Waals surface area (Å²) in [6.07, 6.45) is 0.808. The molecule has 1 fully saturated rings. The molecule has 2 aliphatic rings. The number of hydrogen-bond acceptors (Lipinski definition) is 4. The number of nitrogens with zero attached hydrogens (tertiary/aromatic N) is 3. The first-order valence-corrected chi connectivity index (χ1v) is 9.88. The maximum absolute atomic E-state index is 13.2. The van der Waals surface area contributed by atoms with Crippen LogP contribution in [0.3, 0.4) is 0 Å². The van der Waals surface area contributed by atoms with Crippen LogP contribution in [-0.2, 0) is 9.59 Å². The molecule has 3 amide bonds. The maximum atomic E-state index is 13.2. The fraction of sp³-hybridized carbons (Fsp3) is 0.304. The molecule has 0 aliphatic carbocycles. The summed E-state index contributed by atoms with van der Waals surface area (Å²) in [6, 6.07) is 15.8. The van der Waals surface area contributed by atoms with Gasteiger partial charge in [0.05, 0.1) is 28.9 Å². The number of anilines is 1. The third-order valence-corrected chi connectivity index (χ3v) is 5.96. The van der Waals surface area contributed by atoms with Crippen molar-refractivity contribution in [2.45, 2.75) is 38.4 Å². The van der Waals surface area contributed by atoms with E-state index in [1.54, 1.807) is 53.4 Å². The number of para-hydroxylation sites is 1. The maximum Gasteiger partial charge on any atom is 0.258 e. The van der Waals surface area contributed by atoms with Crippen LogP contribution in [0.2, 0.25) is 0 Å². The Morgan fingerprint density at radius 3 is 2.60 bits per heavy atom. The van der Waals surface area contributed by atoms with Crippen molar-refractivity contribution in [3.63, 3.8) is 0 Å². The van der Waals surface area contributed by atoms with Crippen LogP contribution in [0.25, 0.3) is 0 Å². The molecule has 2 aliphatic heterocycles. The lowest BCUT2D eigenvalue weighted by Crippen LogP contribution is -2.63. The molecule has 152 valence electrons. The van der Waals surface area contributed by atoms with Crippen LogP contribution in [0.1, 0.15) is 54.2 Å². The molecule has 7 heteroatoms. The van der Waals surface area contributed by atoms with Crippen molar-refractivity contribution < 1.29 is 14.4 Å². The van der Waals surface area contributed by atoms with Gasteiger partial charge >= 0.3 is 0 Å². The van der Waals surface area contributed by atoms with Crippen molar-refractivity contribution in [1.29, 1.82) is 5.26 Å². The van der Waals surface area contributed by atoms with E-state index in [0.29, 0.717) is 29.7 Å². The van der Waals surface area contributed by atoms with E-state index in [2.05, 4.69) is 11.4 Å². The first-order valence-electron chi connectivity index (χ1n) is 9.88. The summed E-state index contributed by atoms with van der Waals surface area (Å²) in [6.45, 7) is 3.54. The quantitative estimate of drug-likeness (QED) is 0.851. The Kier molecular flexibility index (Phi) is 4.78. The standard InChI is InChI=1S/C23H22N4O3/c1-15(17-9-7-16(13-24)8-10-17)25-20(28)14-26-22(30)18-5-3-4-6-19(18)27-21(29)11-12-23(26,27)2/h3-10,15H,11-12,14H2,1-2H3,(H,25,28). The summed E-state index contributed by atoms with van der Waals surface area (Å²) in [7, 11) is 0. The number of fused-ring (bicyclic) bond motifs is 3. The third kappa shape index (κ3) is 3.11. The zero-order valence-electron chi connectivity index (χ0n) is 16.9. The second-order valence-electron chi connectivity index (χ2n) is 7.88. The van der Waals surface area contributed by atoms with E-state index in [4.69, 9.17) is 5.26 Å². The number of amides is 3. The van der Waals surface area contributed by atoms with Gasteiger partial charge in [-0.1, -0.05) is 24.3 Å². The van der Waals surface area contributed by atoms with E-state index in [1.165, 1.54) is 4.90 Å². The highest BCUT2D eigenvalue weighted by Crippen LogP contribution is 2.43. The number of benzene rings is 2. The average molecular weight is 402 g/mol. The predicted octanol–water partition coefficient (Wildman–Crippen LogP) is 2.73. The van der Waals surface area contributed by atoms with Gasteiger partial charge in [0.1, 0.15) is 12.2 Å². The molecule has 1 N–H and O–H groups in total. The summed E-state index contributed by atoms with van der Waals surface area (Å²) >= 11 is 0. The second-order valence-corrected chi connectivity index (χ2v) is 7.88. The van der Waals surface area contributed by atoms with E-state index in [1.807, 2.05) is 13.8 Å². The van der Waals surface area contributed by atoms with E-state index in [0.717, 1.165) is 5.56 Å². The van der Waals surface area contributed by atoms with Crippen LogP contribution in [0.15, 0.2) is 48.5 Å². The van der Waals surface area contributed by atoms with Crippen LogP contribution in [-0.4, -0.2) is 34.8 Å². The number of nitrogens with one attached hydrogen (secondary N) is 1. The minimum atomic E-state index is -0.864. The topological polar surface area (TPSA) is 93.5 Å². The van der Waals surface area contributed by atoms with Crippen LogP contribution in [0.5, 0.6) is 0 Å². The molecule has 7 nitrogen and oxygen atoms in total. The number of carbonyl (C=O) groups is 3. The van der Waals surface area contributed by atoms with Gasteiger partial charge in [0.15, 0.2) is 0 Å². The molecule has 0 radical (unpaired) electrons. The fourth-order valence-electron chi connectivity index (χ4n) is 4.30. The smallest absolute Gasteiger partial charge is 0.258 e. The zero-order valence-corrected chi connectivity index (χ0v) is 16.9. The van der Waals surface area contributed by atoms with Gasteiger partial charge in [-0.15, -0.1) is 0 Å². The summed E-state index contributed by atoms with van der Waals surface area (Å²) in [5, 5.41) is 11.8. The van der Waals surface area contributed by atoms with E-state index < -0.39 is 5.66 Å². The van der Waals surface area contributed by atoms with Crippen LogP contribution >= 0.6 is 0 Å². The van der Waals surface area contributed by atoms with E-state index in [-0.39, 0.29) is 30.3 Å². The Bertz CT molecular complexity index is 1070. The fourth-order valence-corrected chi connectivity index (χ4v) is 4.30. The Morgan fingerprint density at radius 2 is 1.90 bits per heavy atom. The Balaban J connectivity index is 1.56. The van der Waals surface area contributed by atoms with Crippen molar-refractivity contribution in [3.05, 3.63) is 65.2 Å². The van der Waals surface area contributed by atoms with Crippen molar-refractivity contribution >= 4 is 23.4 Å². The van der Waals surface area contributed by atoms with Gasteiger partial charge in [-0.3, -0.25) is 19.3 Å². The number of hydrogen-bond donors (Lipinski definition) is 1. The molecule has 0 saturated carbocycles. The Hall–Kier alpha value is -3.66. The van der Waals surface area contributed by atoms with Crippen LogP contribution < -0.4 is 10.2 Å². The molecule has 30 heavy (non-hydrogen) atoms. The molecule has 0 bridgehead atoms. The number of carbonyl (C=O) groups excluding carboxylic acids is 3. The van der Waals surface area contributed by atoms with Crippen molar-refractivity contribution in [2.24, 2.45) is 0 Å². The second kappa shape index (κ2) is 7.30. The summed E-state index contributed by atoms with van der Waals surface area (Å²) in [5.41, 5.74) is 1.58. The van der Waals surface area contributed by atoms with Crippen molar-refractivity contribution in [3.8, 4) is 6.07 Å². The van der Waals surface area contributed by atoms with E-state index in [9.17, 15) is 14.4 Å². The molecule has 2 unspecified atom stereocenters. The lowest BCUT2D eigenvalue weighted by atomic mass is 9.98. The molecule has 2 heterocycles. The van der Waals surface area contributed by atoms with Gasteiger partial charge < -0.3 is 10.2 Å². The molecule has 0 spiro atoms. The molecule has 0 aromatic heterocycles. The van der Waals surface area contributed by atoms with Crippen molar-refractivity contribution in [1.82, 2.24) is 10.2 Å². The number of rotatable bonds is 4. The van der Waals surface area contributed by atoms with Crippen LogP contribution in [0, 0.1) is 11.3 Å². The summed E-state index contributed by atoms with van der Waals surface area (Å²) in [5.74, 6) is -0.603. The normalized spacial score (nSPS) is 21.0. The minimum Gasteiger partial charge on any atom is -0.348 e. The highest BCUT2D eigenvalue weighted by molar-refractivity contribution is 6.11. The lowest BCUT2D eigenvalue weighted by molar-refractivity contribution is -0.124. The van der Waals surface area contributed by atoms with Gasteiger partial charge in [-0.25, -0.2) is 0 Å². The van der Waals surface area contributed by atoms with Gasteiger partial charge in [0.25, 0.3) is 5.91 Å². The highest BCUT2D eigenvalue weighted by atomic mass is 16.2. The third-order valence-electron chi connectivity index (χ3n) is 5.96. The molecule has 4 rings (SSSR count). The molecular formula is C23H22N4O3. The molecule has 2 atom stereocenters. The zero-order chi connectivity index (χ0) is 21.5. The molecule has 2 aromatic rings. The van der Waals surface area contributed by atoms with Crippen molar-refractivity contribution in [2.75, 3.05) is 11.4 Å². The van der Waals surface area contributed by atoms with E-state index >= 15 is 0 Å². The predicted molar refractivity (Wildman–Crippen MR) is 110 cm³/mol. The molecule has 2 aromatic carbocycles. The minimum absolute atomic E-state index is 0.0474. The first-order chi connectivity index (χ1) is 14.3. The SMILES string of the molecule is CC(NC(=O)CN1C(=O)c2ccccc2N2C(=O)CCC12C)c1ccc(C#N)cc1. The average Bonchev–Trinajstić information content (AvgIpc) is 3.06. The summed E-state index contributed by atoms with van der Waals surface area (Å²) < 4.78 is 0. The monoisotopic (exact) mass is 402 g/mol. The van der Waals surface area contributed by atoms with Gasteiger partial charge in [-0.2, -0.15) is 5.26 Å². The lowest BCUT2D eigenvalue weighted by Gasteiger charge is -2.48. The first kappa shape index (κ1) is 19.6. The Morgan fingerprint density at radius 1 is 1.20 bits per heavy atom.